The summed E-state index contributed by atoms with van der Waals surface area (Å²) >= 11 is 0. The lowest BCUT2D eigenvalue weighted by atomic mass is 9.91. The first-order valence-electron chi connectivity index (χ1n) is 4.67. The van der Waals surface area contributed by atoms with Gasteiger partial charge >= 0.3 is 0 Å². The molecule has 0 radical (unpaired) electrons. The second kappa shape index (κ2) is 4.38. The van der Waals surface area contributed by atoms with Gasteiger partial charge in [-0.3, -0.25) is 0 Å². The molecule has 0 bridgehead atoms. The van der Waals surface area contributed by atoms with Gasteiger partial charge in [-0.25, -0.2) is 0 Å². The van der Waals surface area contributed by atoms with E-state index in [1.165, 1.54) is 25.7 Å². The third kappa shape index (κ3) is 2.21. The van der Waals surface area contributed by atoms with Crippen molar-refractivity contribution in [2.24, 2.45) is 11.8 Å². The SMILES string of the molecule is C=C[C@H]1CC=C[C@H]1CCCC. The van der Waals surface area contributed by atoms with Gasteiger partial charge in [0.25, 0.3) is 0 Å². The van der Waals surface area contributed by atoms with E-state index in [0.29, 0.717) is 0 Å². The van der Waals surface area contributed by atoms with Crippen LogP contribution in [0.3, 0.4) is 0 Å². The molecule has 62 valence electrons. The summed E-state index contributed by atoms with van der Waals surface area (Å²) < 4.78 is 0. The Kier molecular flexibility index (Phi) is 3.41. The minimum absolute atomic E-state index is 0.738. The summed E-state index contributed by atoms with van der Waals surface area (Å²) in [6, 6.07) is 0. The van der Waals surface area contributed by atoms with Crippen LogP contribution in [0.15, 0.2) is 24.8 Å². The molecule has 0 saturated carbocycles. The molecule has 0 spiro atoms. The van der Waals surface area contributed by atoms with Gasteiger partial charge in [-0.15, -0.1) is 6.58 Å². The number of hydrogen-bond acceptors (Lipinski definition) is 0. The summed E-state index contributed by atoms with van der Waals surface area (Å²) in [5.41, 5.74) is 0. The standard InChI is InChI=1S/C11H18/c1-3-5-7-11-9-6-8-10(11)4-2/h4,6,9-11H,2-3,5,7-8H2,1H3/t10-,11+/m0/s1. The largest absolute Gasteiger partial charge is 0.103 e. The Labute approximate surface area is 70.0 Å². The lowest BCUT2D eigenvalue weighted by Gasteiger charge is -2.14. The van der Waals surface area contributed by atoms with Crippen molar-refractivity contribution in [3.05, 3.63) is 24.8 Å². The van der Waals surface area contributed by atoms with Crippen LogP contribution in [0, 0.1) is 11.8 Å². The average Bonchev–Trinajstić information content (AvgIpc) is 2.47. The van der Waals surface area contributed by atoms with Gasteiger partial charge in [0.05, 0.1) is 0 Å². The lowest BCUT2D eigenvalue weighted by molar-refractivity contribution is 0.460. The van der Waals surface area contributed by atoms with Crippen LogP contribution in [0.5, 0.6) is 0 Å². The molecule has 2 atom stereocenters. The van der Waals surface area contributed by atoms with Crippen molar-refractivity contribution >= 4 is 0 Å². The Hall–Kier alpha value is -0.520. The van der Waals surface area contributed by atoms with Crippen LogP contribution < -0.4 is 0 Å². The van der Waals surface area contributed by atoms with Gasteiger partial charge in [-0.05, 0) is 24.7 Å². The predicted octanol–water partition coefficient (Wildman–Crippen LogP) is 3.55. The Morgan fingerprint density at radius 1 is 1.64 bits per heavy atom. The average molecular weight is 150 g/mol. The fourth-order valence-corrected chi connectivity index (χ4v) is 1.75. The van der Waals surface area contributed by atoms with Crippen LogP contribution in [0.25, 0.3) is 0 Å². The summed E-state index contributed by atoms with van der Waals surface area (Å²) in [6.45, 7) is 6.11. The highest BCUT2D eigenvalue weighted by atomic mass is 14.2. The number of allylic oxidation sites excluding steroid dienone is 3. The quantitative estimate of drug-likeness (QED) is 0.537. The molecule has 0 amide bonds. The van der Waals surface area contributed by atoms with Crippen molar-refractivity contribution in [2.75, 3.05) is 0 Å². The maximum Gasteiger partial charge on any atom is -0.0139 e. The molecule has 0 nitrogen and oxygen atoms in total. The van der Waals surface area contributed by atoms with Crippen molar-refractivity contribution < 1.29 is 0 Å². The lowest BCUT2D eigenvalue weighted by Crippen LogP contribution is -2.04. The molecule has 0 aromatic rings. The molecule has 1 aliphatic rings. The Bertz CT molecular complexity index is 144. The summed E-state index contributed by atoms with van der Waals surface area (Å²) in [4.78, 5) is 0. The molecule has 0 heteroatoms. The van der Waals surface area contributed by atoms with E-state index in [4.69, 9.17) is 0 Å². The maximum atomic E-state index is 3.86. The molecule has 0 aromatic heterocycles. The Balaban J connectivity index is 2.30. The van der Waals surface area contributed by atoms with E-state index >= 15 is 0 Å². The second-order valence-corrected chi connectivity index (χ2v) is 3.37. The first-order valence-corrected chi connectivity index (χ1v) is 4.67. The zero-order chi connectivity index (χ0) is 8.10. The van der Waals surface area contributed by atoms with E-state index < -0.39 is 0 Å². The molecule has 0 aliphatic heterocycles. The molecule has 1 rings (SSSR count). The first kappa shape index (κ1) is 8.58. The summed E-state index contributed by atoms with van der Waals surface area (Å²) in [5, 5.41) is 0. The maximum absolute atomic E-state index is 3.86. The molecule has 11 heavy (non-hydrogen) atoms. The smallest absolute Gasteiger partial charge is 0.0139 e. The summed E-state index contributed by atoms with van der Waals surface area (Å²) in [6.07, 6.45) is 12.0. The van der Waals surface area contributed by atoms with E-state index in [1.54, 1.807) is 0 Å². The molecule has 0 unspecified atom stereocenters. The van der Waals surface area contributed by atoms with Crippen molar-refractivity contribution in [1.82, 2.24) is 0 Å². The van der Waals surface area contributed by atoms with Gasteiger partial charge in [0.1, 0.15) is 0 Å². The van der Waals surface area contributed by atoms with Crippen molar-refractivity contribution in [2.45, 2.75) is 32.6 Å². The number of hydrogen-bond donors (Lipinski definition) is 0. The molecular weight excluding hydrogens is 132 g/mol. The van der Waals surface area contributed by atoms with E-state index in [1.807, 2.05) is 0 Å². The van der Waals surface area contributed by atoms with Crippen LogP contribution in [-0.4, -0.2) is 0 Å². The summed E-state index contributed by atoms with van der Waals surface area (Å²) in [7, 11) is 0. The highest BCUT2D eigenvalue weighted by Gasteiger charge is 2.18. The Morgan fingerprint density at radius 3 is 3.09 bits per heavy atom. The van der Waals surface area contributed by atoms with Gasteiger partial charge in [-0.1, -0.05) is 38.0 Å². The fourth-order valence-electron chi connectivity index (χ4n) is 1.75. The molecule has 0 fully saturated rings. The van der Waals surface area contributed by atoms with Crippen LogP contribution in [0.4, 0.5) is 0 Å². The van der Waals surface area contributed by atoms with E-state index in [0.717, 1.165) is 11.8 Å². The fraction of sp³-hybridized carbons (Fsp3) is 0.636. The van der Waals surface area contributed by atoms with Crippen LogP contribution in [0.1, 0.15) is 32.6 Å². The van der Waals surface area contributed by atoms with Crippen molar-refractivity contribution in [1.29, 1.82) is 0 Å². The Morgan fingerprint density at radius 2 is 2.45 bits per heavy atom. The topological polar surface area (TPSA) is 0 Å². The van der Waals surface area contributed by atoms with Crippen molar-refractivity contribution in [3.8, 4) is 0 Å². The molecule has 1 aliphatic carbocycles. The molecule has 0 N–H and O–H groups in total. The number of rotatable bonds is 4. The normalized spacial score (nSPS) is 29.2. The molecule has 0 aromatic carbocycles. The van der Waals surface area contributed by atoms with E-state index in [9.17, 15) is 0 Å². The number of unbranched alkanes of at least 4 members (excludes halogenated alkanes) is 1. The van der Waals surface area contributed by atoms with Gasteiger partial charge in [0.2, 0.25) is 0 Å². The second-order valence-electron chi connectivity index (χ2n) is 3.37. The van der Waals surface area contributed by atoms with Crippen LogP contribution in [-0.2, 0) is 0 Å². The van der Waals surface area contributed by atoms with Crippen LogP contribution >= 0.6 is 0 Å². The molecule has 0 saturated heterocycles. The summed E-state index contributed by atoms with van der Waals surface area (Å²) in [5.74, 6) is 1.54. The molecular formula is C11H18. The van der Waals surface area contributed by atoms with Gasteiger partial charge < -0.3 is 0 Å². The van der Waals surface area contributed by atoms with Crippen molar-refractivity contribution in [3.63, 3.8) is 0 Å². The zero-order valence-corrected chi connectivity index (χ0v) is 7.42. The van der Waals surface area contributed by atoms with E-state index in [2.05, 4.69) is 31.7 Å². The third-order valence-electron chi connectivity index (χ3n) is 2.54. The zero-order valence-electron chi connectivity index (χ0n) is 7.42. The minimum Gasteiger partial charge on any atom is -0.103 e. The highest BCUT2D eigenvalue weighted by Crippen LogP contribution is 2.29. The molecule has 0 heterocycles. The van der Waals surface area contributed by atoms with E-state index in [-0.39, 0.29) is 0 Å². The predicted molar refractivity (Wildman–Crippen MR) is 50.5 cm³/mol. The minimum atomic E-state index is 0.738. The monoisotopic (exact) mass is 150 g/mol. The highest BCUT2D eigenvalue weighted by molar-refractivity contribution is 5.06. The van der Waals surface area contributed by atoms with Gasteiger partial charge in [-0.2, -0.15) is 0 Å². The first-order chi connectivity index (χ1) is 5.38. The van der Waals surface area contributed by atoms with Gasteiger partial charge in [0.15, 0.2) is 0 Å². The van der Waals surface area contributed by atoms with Crippen LogP contribution in [0.2, 0.25) is 0 Å². The van der Waals surface area contributed by atoms with Gasteiger partial charge in [0, 0.05) is 0 Å². The third-order valence-corrected chi connectivity index (χ3v) is 2.54.